The maximum absolute atomic E-state index is 10.7. The van der Waals surface area contributed by atoms with Crippen LogP contribution in [-0.2, 0) is 0 Å². The number of hydrogen-bond donors (Lipinski definition) is 1. The van der Waals surface area contributed by atoms with Gasteiger partial charge in [-0.05, 0) is 25.7 Å². The number of piperidine rings is 1. The summed E-state index contributed by atoms with van der Waals surface area (Å²) in [7, 11) is 0. The second-order valence-corrected chi connectivity index (χ2v) is 4.69. The number of hydrogen-bond acceptors (Lipinski definition) is 5. The largest absolute Gasteiger partial charge is 0.393 e. The fraction of sp³-hybridized carbons (Fsp3) is 0.583. The van der Waals surface area contributed by atoms with Crippen molar-refractivity contribution in [3.63, 3.8) is 0 Å². The van der Waals surface area contributed by atoms with Gasteiger partial charge in [0.05, 0.1) is 17.1 Å². The third kappa shape index (κ3) is 2.76. The van der Waals surface area contributed by atoms with Crippen molar-refractivity contribution in [2.24, 2.45) is 5.92 Å². The standard InChI is InChI=1S/C12H17N3O3/c1-9(16)10-3-6-14(7-4-10)12-8-11(15(17)18)2-5-13-12/h2,5,8-10,16H,3-4,6-7H2,1H3. The van der Waals surface area contributed by atoms with E-state index < -0.39 is 4.92 Å². The van der Waals surface area contributed by atoms with Gasteiger partial charge < -0.3 is 10.0 Å². The number of aliphatic hydroxyl groups is 1. The molecule has 0 amide bonds. The molecule has 0 radical (unpaired) electrons. The molecular weight excluding hydrogens is 234 g/mol. The lowest BCUT2D eigenvalue weighted by molar-refractivity contribution is -0.384. The zero-order valence-electron chi connectivity index (χ0n) is 10.3. The van der Waals surface area contributed by atoms with E-state index in [0.29, 0.717) is 11.7 Å². The fourth-order valence-corrected chi connectivity index (χ4v) is 2.31. The highest BCUT2D eigenvalue weighted by molar-refractivity contribution is 5.46. The van der Waals surface area contributed by atoms with E-state index in [1.165, 1.54) is 18.3 Å². The molecule has 0 saturated carbocycles. The summed E-state index contributed by atoms with van der Waals surface area (Å²) < 4.78 is 0. The number of nitrogens with zero attached hydrogens (tertiary/aromatic N) is 3. The van der Waals surface area contributed by atoms with Crippen LogP contribution >= 0.6 is 0 Å². The van der Waals surface area contributed by atoms with Crippen LogP contribution in [0, 0.1) is 16.0 Å². The van der Waals surface area contributed by atoms with E-state index in [-0.39, 0.29) is 11.8 Å². The van der Waals surface area contributed by atoms with Gasteiger partial charge in [0.15, 0.2) is 0 Å². The molecule has 1 aliphatic heterocycles. The Bertz CT molecular complexity index is 428. The number of anilines is 1. The van der Waals surface area contributed by atoms with Gasteiger partial charge in [0, 0.05) is 25.4 Å². The summed E-state index contributed by atoms with van der Waals surface area (Å²) in [6, 6.07) is 2.90. The maximum atomic E-state index is 10.7. The molecule has 18 heavy (non-hydrogen) atoms. The second-order valence-electron chi connectivity index (χ2n) is 4.69. The van der Waals surface area contributed by atoms with E-state index in [9.17, 15) is 15.2 Å². The molecule has 0 spiro atoms. The van der Waals surface area contributed by atoms with E-state index in [2.05, 4.69) is 4.98 Å². The highest BCUT2D eigenvalue weighted by Gasteiger charge is 2.24. The number of nitro groups is 1. The van der Waals surface area contributed by atoms with Crippen molar-refractivity contribution in [3.8, 4) is 0 Å². The summed E-state index contributed by atoms with van der Waals surface area (Å²) in [6.07, 6.45) is 2.96. The lowest BCUT2D eigenvalue weighted by atomic mass is 9.92. The first-order valence-electron chi connectivity index (χ1n) is 6.11. The van der Waals surface area contributed by atoms with Crippen LogP contribution in [0.4, 0.5) is 11.5 Å². The van der Waals surface area contributed by atoms with Crippen LogP contribution in [0.15, 0.2) is 18.3 Å². The van der Waals surface area contributed by atoms with Crippen LogP contribution in [0.1, 0.15) is 19.8 Å². The summed E-state index contributed by atoms with van der Waals surface area (Å²) in [5, 5.41) is 20.2. The Hall–Kier alpha value is -1.69. The second kappa shape index (κ2) is 5.30. The molecule has 1 saturated heterocycles. The Morgan fingerprint density at radius 2 is 2.22 bits per heavy atom. The summed E-state index contributed by atoms with van der Waals surface area (Å²) in [6.45, 7) is 3.37. The predicted octanol–water partition coefficient (Wildman–Crippen LogP) is 1.59. The van der Waals surface area contributed by atoms with E-state index in [4.69, 9.17) is 0 Å². The van der Waals surface area contributed by atoms with Gasteiger partial charge in [-0.1, -0.05) is 0 Å². The van der Waals surface area contributed by atoms with E-state index in [0.717, 1.165) is 25.9 Å². The highest BCUT2D eigenvalue weighted by atomic mass is 16.6. The van der Waals surface area contributed by atoms with Crippen molar-refractivity contribution >= 4 is 11.5 Å². The van der Waals surface area contributed by atoms with Gasteiger partial charge in [-0.3, -0.25) is 10.1 Å². The Balaban J connectivity index is 2.05. The molecule has 1 N–H and O–H groups in total. The van der Waals surface area contributed by atoms with Crippen molar-refractivity contribution in [2.45, 2.75) is 25.9 Å². The summed E-state index contributed by atoms with van der Waals surface area (Å²) in [5.74, 6) is 0.966. The number of aliphatic hydroxyl groups excluding tert-OH is 1. The summed E-state index contributed by atoms with van der Waals surface area (Å²) >= 11 is 0. The van der Waals surface area contributed by atoms with Crippen LogP contribution in [0.5, 0.6) is 0 Å². The molecule has 1 aromatic heterocycles. The minimum atomic E-state index is -0.409. The van der Waals surface area contributed by atoms with Gasteiger partial charge in [-0.25, -0.2) is 4.98 Å². The number of aromatic nitrogens is 1. The fourth-order valence-electron chi connectivity index (χ4n) is 2.31. The minimum absolute atomic E-state index is 0.0673. The predicted molar refractivity (Wildman–Crippen MR) is 67.5 cm³/mol. The maximum Gasteiger partial charge on any atom is 0.274 e. The monoisotopic (exact) mass is 251 g/mol. The Morgan fingerprint density at radius 1 is 1.56 bits per heavy atom. The van der Waals surface area contributed by atoms with Gasteiger partial charge >= 0.3 is 0 Å². The zero-order valence-corrected chi connectivity index (χ0v) is 10.3. The third-order valence-corrected chi connectivity index (χ3v) is 3.49. The molecule has 0 bridgehead atoms. The SMILES string of the molecule is CC(O)C1CCN(c2cc([N+](=O)[O-])ccn2)CC1. The molecule has 0 aliphatic carbocycles. The molecule has 1 unspecified atom stereocenters. The van der Waals surface area contributed by atoms with Gasteiger partial charge in [-0.15, -0.1) is 0 Å². The van der Waals surface area contributed by atoms with Crippen LogP contribution < -0.4 is 4.90 Å². The molecule has 2 rings (SSSR count). The molecule has 1 aliphatic rings. The molecule has 0 aromatic carbocycles. The van der Waals surface area contributed by atoms with Crippen molar-refractivity contribution < 1.29 is 10.0 Å². The van der Waals surface area contributed by atoms with Gasteiger partial charge in [-0.2, -0.15) is 0 Å². The van der Waals surface area contributed by atoms with Gasteiger partial charge in [0.25, 0.3) is 5.69 Å². The Morgan fingerprint density at radius 3 is 2.78 bits per heavy atom. The van der Waals surface area contributed by atoms with Gasteiger partial charge in [0.2, 0.25) is 0 Å². The molecule has 1 fully saturated rings. The number of pyridine rings is 1. The smallest absolute Gasteiger partial charge is 0.274 e. The number of rotatable bonds is 3. The van der Waals surface area contributed by atoms with Crippen molar-refractivity contribution in [3.05, 3.63) is 28.4 Å². The lowest BCUT2D eigenvalue weighted by Crippen LogP contribution is -2.37. The average Bonchev–Trinajstić information content (AvgIpc) is 2.39. The Labute approximate surface area is 105 Å². The summed E-state index contributed by atoms with van der Waals surface area (Å²) in [4.78, 5) is 16.5. The quantitative estimate of drug-likeness (QED) is 0.651. The third-order valence-electron chi connectivity index (χ3n) is 3.49. The van der Waals surface area contributed by atoms with E-state index in [1.807, 2.05) is 11.8 Å². The zero-order chi connectivity index (χ0) is 13.1. The highest BCUT2D eigenvalue weighted by Crippen LogP contribution is 2.25. The molecule has 2 heterocycles. The van der Waals surface area contributed by atoms with Crippen LogP contribution in [-0.4, -0.2) is 34.2 Å². The Kier molecular flexibility index (Phi) is 3.76. The topological polar surface area (TPSA) is 79.5 Å². The first-order valence-corrected chi connectivity index (χ1v) is 6.11. The normalized spacial score (nSPS) is 18.7. The molecule has 98 valence electrons. The van der Waals surface area contributed by atoms with Crippen molar-refractivity contribution in [1.29, 1.82) is 0 Å². The first kappa shape index (κ1) is 12.8. The molecule has 6 heteroatoms. The molecular formula is C12H17N3O3. The molecule has 1 aromatic rings. The first-order chi connectivity index (χ1) is 8.58. The van der Waals surface area contributed by atoms with Crippen LogP contribution in [0.2, 0.25) is 0 Å². The van der Waals surface area contributed by atoms with Crippen LogP contribution in [0.3, 0.4) is 0 Å². The minimum Gasteiger partial charge on any atom is -0.393 e. The van der Waals surface area contributed by atoms with Crippen molar-refractivity contribution in [1.82, 2.24) is 4.98 Å². The van der Waals surface area contributed by atoms with Crippen molar-refractivity contribution in [2.75, 3.05) is 18.0 Å². The van der Waals surface area contributed by atoms with Crippen LogP contribution in [0.25, 0.3) is 0 Å². The van der Waals surface area contributed by atoms with E-state index in [1.54, 1.807) is 0 Å². The summed E-state index contributed by atoms with van der Waals surface area (Å²) in [5.41, 5.74) is 0.0673. The molecule has 1 atom stereocenters. The lowest BCUT2D eigenvalue weighted by Gasteiger charge is -2.33. The van der Waals surface area contributed by atoms with E-state index >= 15 is 0 Å². The average molecular weight is 251 g/mol. The molecule has 6 nitrogen and oxygen atoms in total. The van der Waals surface area contributed by atoms with Gasteiger partial charge in [0.1, 0.15) is 5.82 Å².